The maximum Gasteiger partial charge on any atom is 0.0667 e. The maximum atomic E-state index is 9.43. The first-order valence-corrected chi connectivity index (χ1v) is 5.32. The number of hydrogen-bond donors (Lipinski definition) is 2. The van der Waals surface area contributed by atoms with Crippen LogP contribution < -0.4 is 5.32 Å². The minimum atomic E-state index is -0.0900. The van der Waals surface area contributed by atoms with E-state index in [2.05, 4.69) is 24.1 Å². The topological polar surface area (TPSA) is 35.5 Å². The lowest BCUT2D eigenvalue weighted by Gasteiger charge is -2.30. The van der Waals surface area contributed by atoms with Crippen molar-refractivity contribution in [2.45, 2.75) is 38.8 Å². The molecule has 0 aromatic rings. The van der Waals surface area contributed by atoms with Crippen LogP contribution in [0.3, 0.4) is 0 Å². The molecule has 13 heavy (non-hydrogen) atoms. The molecule has 2 N–H and O–H groups in total. The molecule has 1 aliphatic heterocycles. The third-order valence-corrected chi connectivity index (χ3v) is 2.46. The van der Waals surface area contributed by atoms with E-state index in [1.54, 1.807) is 0 Å². The lowest BCUT2D eigenvalue weighted by molar-refractivity contribution is 0.0710. The molecule has 1 heterocycles. The molecule has 1 atom stereocenters. The molecule has 0 aliphatic carbocycles. The average Bonchev–Trinajstić information content (AvgIpc) is 2.03. The molecule has 0 spiro atoms. The highest BCUT2D eigenvalue weighted by Crippen LogP contribution is 2.08. The minimum Gasteiger partial charge on any atom is -0.392 e. The van der Waals surface area contributed by atoms with Crippen molar-refractivity contribution in [3.05, 3.63) is 0 Å². The summed E-state index contributed by atoms with van der Waals surface area (Å²) in [6, 6.07) is 0.565. The number of piperidine rings is 1. The standard InChI is InChI=1S/C10H22N2O/c1-9(2)11-5-7-12-6-3-4-10(13)8-12/h9-11,13H,3-8H2,1-2H3. The normalized spacial score (nSPS) is 25.4. The lowest BCUT2D eigenvalue weighted by atomic mass is 10.1. The molecule has 3 nitrogen and oxygen atoms in total. The van der Waals surface area contributed by atoms with E-state index in [9.17, 15) is 5.11 Å². The Morgan fingerprint density at radius 1 is 1.54 bits per heavy atom. The summed E-state index contributed by atoms with van der Waals surface area (Å²) in [4.78, 5) is 2.34. The van der Waals surface area contributed by atoms with Gasteiger partial charge < -0.3 is 10.4 Å². The minimum absolute atomic E-state index is 0.0900. The zero-order chi connectivity index (χ0) is 9.68. The Morgan fingerprint density at radius 2 is 2.31 bits per heavy atom. The van der Waals surface area contributed by atoms with Crippen LogP contribution in [0.25, 0.3) is 0 Å². The smallest absolute Gasteiger partial charge is 0.0667 e. The molecule has 1 rings (SSSR count). The molecule has 0 bridgehead atoms. The van der Waals surface area contributed by atoms with E-state index in [0.29, 0.717) is 6.04 Å². The number of nitrogens with zero attached hydrogens (tertiary/aromatic N) is 1. The van der Waals surface area contributed by atoms with Crippen LogP contribution >= 0.6 is 0 Å². The van der Waals surface area contributed by atoms with E-state index in [1.165, 1.54) is 0 Å². The second-order valence-corrected chi connectivity index (χ2v) is 4.21. The summed E-state index contributed by atoms with van der Waals surface area (Å²) in [6.07, 6.45) is 2.03. The second kappa shape index (κ2) is 5.58. The summed E-state index contributed by atoms with van der Waals surface area (Å²) < 4.78 is 0. The van der Waals surface area contributed by atoms with E-state index in [1.807, 2.05) is 0 Å². The molecule has 0 saturated carbocycles. The van der Waals surface area contributed by atoms with Crippen LogP contribution in [0.5, 0.6) is 0 Å². The van der Waals surface area contributed by atoms with Gasteiger partial charge in [-0.25, -0.2) is 0 Å². The molecule has 0 amide bonds. The fourth-order valence-corrected chi connectivity index (χ4v) is 1.75. The predicted molar refractivity (Wildman–Crippen MR) is 54.8 cm³/mol. The van der Waals surface area contributed by atoms with Crippen molar-refractivity contribution in [2.75, 3.05) is 26.2 Å². The number of nitrogens with one attached hydrogen (secondary N) is 1. The molecule has 78 valence electrons. The molecule has 1 unspecified atom stereocenters. The van der Waals surface area contributed by atoms with Gasteiger partial charge in [-0.15, -0.1) is 0 Å². The summed E-state index contributed by atoms with van der Waals surface area (Å²) in [7, 11) is 0. The molecule has 1 saturated heterocycles. The van der Waals surface area contributed by atoms with Gasteiger partial charge in [-0.05, 0) is 19.4 Å². The van der Waals surface area contributed by atoms with Crippen LogP contribution in [-0.2, 0) is 0 Å². The van der Waals surface area contributed by atoms with Gasteiger partial charge in [0.2, 0.25) is 0 Å². The van der Waals surface area contributed by atoms with Gasteiger partial charge in [-0.2, -0.15) is 0 Å². The third-order valence-electron chi connectivity index (χ3n) is 2.46. The number of β-amino-alcohol motifs (C(OH)–C–C–N with tert-alkyl or cyclic N) is 1. The number of aliphatic hydroxyl groups is 1. The molecule has 0 aromatic heterocycles. The monoisotopic (exact) mass is 186 g/mol. The van der Waals surface area contributed by atoms with Gasteiger partial charge >= 0.3 is 0 Å². The van der Waals surface area contributed by atoms with Gasteiger partial charge in [0.15, 0.2) is 0 Å². The number of likely N-dealkylation sites (tertiary alicyclic amines) is 1. The van der Waals surface area contributed by atoms with Gasteiger partial charge in [0, 0.05) is 25.7 Å². The van der Waals surface area contributed by atoms with Gasteiger partial charge in [0.05, 0.1) is 6.10 Å². The van der Waals surface area contributed by atoms with Crippen molar-refractivity contribution in [3.8, 4) is 0 Å². The highest BCUT2D eigenvalue weighted by Gasteiger charge is 2.16. The molecule has 0 aromatic carbocycles. The van der Waals surface area contributed by atoms with Crippen molar-refractivity contribution in [1.82, 2.24) is 10.2 Å². The fraction of sp³-hybridized carbons (Fsp3) is 1.00. The van der Waals surface area contributed by atoms with Crippen molar-refractivity contribution < 1.29 is 5.11 Å². The molecular formula is C10H22N2O. The van der Waals surface area contributed by atoms with Gasteiger partial charge in [-0.3, -0.25) is 4.90 Å². The zero-order valence-corrected chi connectivity index (χ0v) is 8.79. The Balaban J connectivity index is 2.06. The SMILES string of the molecule is CC(C)NCCN1CCCC(O)C1. The molecule has 1 aliphatic rings. The molecule has 1 fully saturated rings. The van der Waals surface area contributed by atoms with Crippen molar-refractivity contribution >= 4 is 0 Å². The van der Waals surface area contributed by atoms with Crippen LogP contribution in [0.4, 0.5) is 0 Å². The van der Waals surface area contributed by atoms with Crippen LogP contribution in [0, 0.1) is 0 Å². The average molecular weight is 186 g/mol. The Morgan fingerprint density at radius 3 is 2.92 bits per heavy atom. The van der Waals surface area contributed by atoms with Crippen molar-refractivity contribution in [1.29, 1.82) is 0 Å². The Bertz CT molecular complexity index is 139. The first-order valence-electron chi connectivity index (χ1n) is 5.32. The van der Waals surface area contributed by atoms with E-state index >= 15 is 0 Å². The van der Waals surface area contributed by atoms with E-state index < -0.39 is 0 Å². The van der Waals surface area contributed by atoms with Crippen molar-refractivity contribution in [2.24, 2.45) is 0 Å². The van der Waals surface area contributed by atoms with Crippen LogP contribution in [0.2, 0.25) is 0 Å². The van der Waals surface area contributed by atoms with E-state index in [0.717, 1.165) is 39.0 Å². The van der Waals surface area contributed by atoms with E-state index in [-0.39, 0.29) is 6.10 Å². The Labute approximate surface area is 81.1 Å². The second-order valence-electron chi connectivity index (χ2n) is 4.21. The highest BCUT2D eigenvalue weighted by molar-refractivity contribution is 4.72. The summed E-state index contributed by atoms with van der Waals surface area (Å²) in [5.41, 5.74) is 0. The number of aliphatic hydroxyl groups excluding tert-OH is 1. The largest absolute Gasteiger partial charge is 0.392 e. The summed E-state index contributed by atoms with van der Waals surface area (Å²) in [5.74, 6) is 0. The van der Waals surface area contributed by atoms with Gasteiger partial charge in [0.25, 0.3) is 0 Å². The summed E-state index contributed by atoms with van der Waals surface area (Å²) in [6.45, 7) is 8.42. The number of hydrogen-bond acceptors (Lipinski definition) is 3. The van der Waals surface area contributed by atoms with Gasteiger partial charge in [-0.1, -0.05) is 13.8 Å². The predicted octanol–water partition coefficient (Wildman–Crippen LogP) is 0.441. The summed E-state index contributed by atoms with van der Waals surface area (Å²) >= 11 is 0. The van der Waals surface area contributed by atoms with Crippen LogP contribution in [0.1, 0.15) is 26.7 Å². The Hall–Kier alpha value is -0.120. The first-order chi connectivity index (χ1) is 6.18. The lowest BCUT2D eigenvalue weighted by Crippen LogP contribution is -2.42. The quantitative estimate of drug-likeness (QED) is 0.669. The molecular weight excluding hydrogens is 164 g/mol. The molecule has 3 heteroatoms. The third kappa shape index (κ3) is 4.60. The van der Waals surface area contributed by atoms with Crippen LogP contribution in [0.15, 0.2) is 0 Å². The highest BCUT2D eigenvalue weighted by atomic mass is 16.3. The summed E-state index contributed by atoms with van der Waals surface area (Å²) in [5, 5.41) is 12.8. The van der Waals surface area contributed by atoms with Crippen molar-refractivity contribution in [3.63, 3.8) is 0 Å². The zero-order valence-electron chi connectivity index (χ0n) is 8.79. The Kier molecular flexibility index (Phi) is 4.70. The molecule has 0 radical (unpaired) electrons. The fourth-order valence-electron chi connectivity index (χ4n) is 1.75. The first kappa shape index (κ1) is 11.0. The van der Waals surface area contributed by atoms with E-state index in [4.69, 9.17) is 0 Å². The van der Waals surface area contributed by atoms with Crippen LogP contribution in [-0.4, -0.2) is 48.3 Å². The van der Waals surface area contributed by atoms with Gasteiger partial charge in [0.1, 0.15) is 0 Å². The number of rotatable bonds is 4. The maximum absolute atomic E-state index is 9.43.